The zero-order valence-corrected chi connectivity index (χ0v) is 21.9. The number of likely N-dealkylation sites (tertiary alicyclic amines) is 1. The van der Waals surface area contributed by atoms with Crippen molar-refractivity contribution < 1.29 is 18.6 Å². The monoisotopic (exact) mass is 520 g/mol. The second kappa shape index (κ2) is 9.54. The first-order valence-corrected chi connectivity index (χ1v) is 13.7. The van der Waals surface area contributed by atoms with Crippen molar-refractivity contribution >= 4 is 39.3 Å². The number of hydrogen-bond acceptors (Lipinski definition) is 5. The molecular formula is C28H32N4O4S. The predicted octanol–water partition coefficient (Wildman–Crippen LogP) is 2.69. The van der Waals surface area contributed by atoms with Gasteiger partial charge in [0.2, 0.25) is 11.8 Å². The molecule has 194 valence electrons. The Balaban J connectivity index is 1.44. The van der Waals surface area contributed by atoms with Gasteiger partial charge in [0.15, 0.2) is 5.78 Å². The third kappa shape index (κ3) is 4.73. The highest BCUT2D eigenvalue weighted by molar-refractivity contribution is 7.86. The first-order valence-electron chi connectivity index (χ1n) is 12.6. The molecule has 1 aromatic heterocycles. The van der Waals surface area contributed by atoms with Crippen LogP contribution in [0.1, 0.15) is 49.0 Å². The molecule has 0 aliphatic carbocycles. The van der Waals surface area contributed by atoms with Crippen molar-refractivity contribution in [2.45, 2.75) is 60.8 Å². The predicted molar refractivity (Wildman–Crippen MR) is 143 cm³/mol. The SMILES string of the molecule is CC(C)(N)C(=O)NC(Cc1c[nH]c2ccccc12)C(=O)N1CCCC2(CC(=O)c3ccccc3S2=O)C1. The molecule has 2 amide bonds. The average molecular weight is 521 g/mol. The Bertz CT molecular complexity index is 1410. The van der Waals surface area contributed by atoms with E-state index in [9.17, 15) is 18.6 Å². The van der Waals surface area contributed by atoms with E-state index in [4.69, 9.17) is 5.73 Å². The van der Waals surface area contributed by atoms with E-state index in [1.54, 1.807) is 43.0 Å². The van der Waals surface area contributed by atoms with E-state index < -0.39 is 33.0 Å². The van der Waals surface area contributed by atoms with Crippen LogP contribution in [0, 0.1) is 0 Å². The van der Waals surface area contributed by atoms with Gasteiger partial charge in [-0.15, -0.1) is 0 Å². The molecule has 2 aliphatic heterocycles. The van der Waals surface area contributed by atoms with Gasteiger partial charge in [-0.2, -0.15) is 0 Å². The Kier molecular flexibility index (Phi) is 6.53. The molecule has 0 saturated carbocycles. The minimum atomic E-state index is -1.43. The average Bonchev–Trinajstić information content (AvgIpc) is 3.29. The normalized spacial score (nSPS) is 22.6. The molecule has 37 heavy (non-hydrogen) atoms. The fourth-order valence-electron chi connectivity index (χ4n) is 5.41. The van der Waals surface area contributed by atoms with Gasteiger partial charge in [-0.05, 0) is 44.4 Å². The quantitative estimate of drug-likeness (QED) is 0.477. The Morgan fingerprint density at radius 1 is 1.19 bits per heavy atom. The fraction of sp³-hybridized carbons (Fsp3) is 0.393. The molecule has 3 atom stereocenters. The molecule has 8 nitrogen and oxygen atoms in total. The lowest BCUT2D eigenvalue weighted by atomic mass is 9.88. The summed E-state index contributed by atoms with van der Waals surface area (Å²) in [5.41, 5.74) is 7.23. The maximum absolute atomic E-state index is 14.0. The third-order valence-corrected chi connectivity index (χ3v) is 9.42. The topological polar surface area (TPSA) is 125 Å². The molecule has 4 N–H and O–H groups in total. The van der Waals surface area contributed by atoms with Crippen LogP contribution in [0.3, 0.4) is 0 Å². The molecule has 1 saturated heterocycles. The van der Waals surface area contributed by atoms with Gasteiger partial charge in [0.25, 0.3) is 0 Å². The molecular weight excluding hydrogens is 488 g/mol. The largest absolute Gasteiger partial charge is 0.361 e. The number of hydrogen-bond donors (Lipinski definition) is 3. The van der Waals surface area contributed by atoms with E-state index in [1.165, 1.54) is 0 Å². The summed E-state index contributed by atoms with van der Waals surface area (Å²) in [6, 6.07) is 14.0. The highest BCUT2D eigenvalue weighted by atomic mass is 32.2. The third-order valence-electron chi connectivity index (χ3n) is 7.40. The van der Waals surface area contributed by atoms with E-state index in [0.29, 0.717) is 29.8 Å². The van der Waals surface area contributed by atoms with Crippen molar-refractivity contribution in [1.29, 1.82) is 0 Å². The fourth-order valence-corrected chi connectivity index (χ4v) is 7.33. The molecule has 0 radical (unpaired) electrons. The second-order valence-corrected chi connectivity index (χ2v) is 12.6. The summed E-state index contributed by atoms with van der Waals surface area (Å²) >= 11 is 0. The number of amides is 2. The number of H-pyrrole nitrogens is 1. The van der Waals surface area contributed by atoms with Gasteiger partial charge in [0.05, 0.1) is 26.0 Å². The number of carbonyl (C=O) groups excluding carboxylic acids is 3. The molecule has 2 aliphatic rings. The summed E-state index contributed by atoms with van der Waals surface area (Å²) in [6.45, 7) is 3.87. The maximum Gasteiger partial charge on any atom is 0.245 e. The van der Waals surface area contributed by atoms with Gasteiger partial charge in [-0.1, -0.05) is 36.4 Å². The molecule has 0 bridgehead atoms. The van der Waals surface area contributed by atoms with Crippen LogP contribution in [-0.4, -0.2) is 61.1 Å². The number of aromatic amines is 1. The Morgan fingerprint density at radius 3 is 2.70 bits per heavy atom. The van der Waals surface area contributed by atoms with Crippen LogP contribution in [0.2, 0.25) is 0 Å². The molecule has 3 heterocycles. The second-order valence-electron chi connectivity index (χ2n) is 10.7. The summed E-state index contributed by atoms with van der Waals surface area (Å²) in [6.07, 6.45) is 3.49. The van der Waals surface area contributed by atoms with Crippen molar-refractivity contribution in [2.24, 2.45) is 5.73 Å². The maximum atomic E-state index is 14.0. The molecule has 3 aromatic rings. The van der Waals surface area contributed by atoms with E-state index in [-0.39, 0.29) is 31.1 Å². The molecule has 5 rings (SSSR count). The highest BCUT2D eigenvalue weighted by Crippen LogP contribution is 2.40. The van der Waals surface area contributed by atoms with E-state index >= 15 is 0 Å². The molecule has 1 fully saturated rings. The van der Waals surface area contributed by atoms with Crippen molar-refractivity contribution in [1.82, 2.24) is 15.2 Å². The van der Waals surface area contributed by atoms with E-state index in [0.717, 1.165) is 16.5 Å². The Labute approximate surface area is 218 Å². The lowest BCUT2D eigenvalue weighted by Crippen LogP contribution is -2.61. The number of benzene rings is 2. The summed E-state index contributed by atoms with van der Waals surface area (Å²) in [7, 11) is -1.43. The van der Waals surface area contributed by atoms with E-state index in [2.05, 4.69) is 10.3 Å². The van der Waals surface area contributed by atoms with Gasteiger partial charge < -0.3 is 20.9 Å². The lowest BCUT2D eigenvalue weighted by molar-refractivity contribution is -0.138. The number of fused-ring (bicyclic) bond motifs is 2. The van der Waals surface area contributed by atoms with Crippen molar-refractivity contribution in [3.63, 3.8) is 0 Å². The van der Waals surface area contributed by atoms with Crippen LogP contribution in [0.4, 0.5) is 0 Å². The smallest absolute Gasteiger partial charge is 0.245 e. The van der Waals surface area contributed by atoms with Crippen LogP contribution in [0.25, 0.3) is 10.9 Å². The van der Waals surface area contributed by atoms with Crippen molar-refractivity contribution in [3.8, 4) is 0 Å². The summed E-state index contributed by atoms with van der Waals surface area (Å²) in [4.78, 5) is 45.3. The Morgan fingerprint density at radius 2 is 1.92 bits per heavy atom. The lowest BCUT2D eigenvalue weighted by Gasteiger charge is -2.44. The number of rotatable bonds is 5. The number of Topliss-reactive ketones (excluding diaryl/α,β-unsaturated/α-hetero) is 1. The summed E-state index contributed by atoms with van der Waals surface area (Å²) in [5, 5.41) is 3.85. The summed E-state index contributed by atoms with van der Waals surface area (Å²) < 4.78 is 12.9. The number of piperidine rings is 1. The number of nitrogens with one attached hydrogen (secondary N) is 2. The number of nitrogens with two attached hydrogens (primary N) is 1. The molecule has 9 heteroatoms. The highest BCUT2D eigenvalue weighted by Gasteiger charge is 2.49. The summed E-state index contributed by atoms with van der Waals surface area (Å²) in [5.74, 6) is -0.731. The zero-order chi connectivity index (χ0) is 26.4. The van der Waals surface area contributed by atoms with Crippen LogP contribution < -0.4 is 11.1 Å². The van der Waals surface area contributed by atoms with Gasteiger partial charge >= 0.3 is 0 Å². The minimum Gasteiger partial charge on any atom is -0.361 e. The zero-order valence-electron chi connectivity index (χ0n) is 21.1. The molecule has 3 unspecified atom stereocenters. The van der Waals surface area contributed by atoms with Crippen LogP contribution in [0.5, 0.6) is 0 Å². The molecule has 1 spiro atoms. The van der Waals surface area contributed by atoms with Crippen molar-refractivity contribution in [2.75, 3.05) is 13.1 Å². The van der Waals surface area contributed by atoms with Gasteiger partial charge in [-0.3, -0.25) is 18.6 Å². The minimum absolute atomic E-state index is 0.0435. The van der Waals surface area contributed by atoms with Gasteiger partial charge in [0, 0.05) is 48.6 Å². The van der Waals surface area contributed by atoms with Crippen LogP contribution >= 0.6 is 0 Å². The Hall–Kier alpha value is -3.30. The first-order chi connectivity index (χ1) is 17.6. The van der Waals surface area contributed by atoms with Crippen LogP contribution in [0.15, 0.2) is 59.6 Å². The number of aromatic nitrogens is 1. The van der Waals surface area contributed by atoms with E-state index in [1.807, 2.05) is 30.5 Å². The number of nitrogens with zero attached hydrogens (tertiary/aromatic N) is 1. The van der Waals surface area contributed by atoms with Crippen LogP contribution in [-0.2, 0) is 26.8 Å². The molecule has 2 aromatic carbocycles. The standard InChI is InChI=1S/C28H32N4O4S/c1-27(2,29)26(35)31-22(14-18-16-30-21-10-5-3-8-19(18)21)25(34)32-13-7-12-28(17-32)15-23(33)20-9-4-6-11-24(20)37(28)36/h3-6,8-11,16,22,30H,7,12-15,17,29H2,1-2H3,(H,31,35). The number of para-hydroxylation sites is 1. The number of carbonyl (C=O) groups is 3. The van der Waals surface area contributed by atoms with Gasteiger partial charge in [0.1, 0.15) is 6.04 Å². The first kappa shape index (κ1) is 25.4. The van der Waals surface area contributed by atoms with Gasteiger partial charge in [-0.25, -0.2) is 0 Å². The van der Waals surface area contributed by atoms with Crippen molar-refractivity contribution in [3.05, 3.63) is 65.9 Å². The number of ketones is 1.